The van der Waals surface area contributed by atoms with Crippen LogP contribution in [0.1, 0.15) is 13.8 Å². The van der Waals surface area contributed by atoms with Crippen molar-refractivity contribution >= 4 is 33.1 Å². The summed E-state index contributed by atoms with van der Waals surface area (Å²) in [6, 6.07) is 9.89. The molecule has 20 heavy (non-hydrogen) atoms. The van der Waals surface area contributed by atoms with Gasteiger partial charge in [-0.15, -0.1) is 11.3 Å². The standard InChI is InChI=1S/C15H15N3OS/c1-10(2)19-13-6-4-3-5-12(13)18-14-11-7-8-20-15(11)17-9-16-14/h3-10H,1-2H3,(H,16,17,18). The van der Waals surface area contributed by atoms with E-state index in [2.05, 4.69) is 15.3 Å². The molecule has 0 amide bonds. The second-order valence-corrected chi connectivity index (χ2v) is 5.54. The van der Waals surface area contributed by atoms with Crippen LogP contribution in [-0.4, -0.2) is 16.1 Å². The van der Waals surface area contributed by atoms with Gasteiger partial charge in [0, 0.05) is 0 Å². The number of aromatic nitrogens is 2. The largest absolute Gasteiger partial charge is 0.489 e. The summed E-state index contributed by atoms with van der Waals surface area (Å²) in [4.78, 5) is 9.55. The first-order valence-electron chi connectivity index (χ1n) is 6.45. The van der Waals surface area contributed by atoms with E-state index in [1.165, 1.54) is 0 Å². The predicted molar refractivity (Wildman–Crippen MR) is 82.9 cm³/mol. The molecule has 0 aliphatic carbocycles. The van der Waals surface area contributed by atoms with Crippen molar-refractivity contribution in [2.75, 3.05) is 5.32 Å². The highest BCUT2D eigenvalue weighted by Crippen LogP contribution is 2.31. The third-order valence-electron chi connectivity index (χ3n) is 2.76. The van der Waals surface area contributed by atoms with Crippen molar-refractivity contribution in [3.8, 4) is 5.75 Å². The highest BCUT2D eigenvalue weighted by molar-refractivity contribution is 7.16. The minimum absolute atomic E-state index is 0.129. The molecular formula is C15H15N3OS. The van der Waals surface area contributed by atoms with Crippen LogP contribution in [0.3, 0.4) is 0 Å². The molecule has 0 aliphatic rings. The molecule has 1 aromatic carbocycles. The third kappa shape index (κ3) is 2.58. The van der Waals surface area contributed by atoms with Gasteiger partial charge in [0.25, 0.3) is 0 Å². The van der Waals surface area contributed by atoms with Crippen molar-refractivity contribution < 1.29 is 4.74 Å². The van der Waals surface area contributed by atoms with Crippen molar-refractivity contribution in [1.82, 2.24) is 9.97 Å². The number of hydrogen-bond acceptors (Lipinski definition) is 5. The smallest absolute Gasteiger partial charge is 0.143 e. The van der Waals surface area contributed by atoms with Gasteiger partial charge in [0.15, 0.2) is 0 Å². The predicted octanol–water partition coefficient (Wildman–Crippen LogP) is 4.22. The lowest BCUT2D eigenvalue weighted by Gasteiger charge is -2.15. The quantitative estimate of drug-likeness (QED) is 0.779. The molecule has 5 heteroatoms. The van der Waals surface area contributed by atoms with Gasteiger partial charge in [0.1, 0.15) is 22.7 Å². The second-order valence-electron chi connectivity index (χ2n) is 4.65. The van der Waals surface area contributed by atoms with Gasteiger partial charge < -0.3 is 10.1 Å². The molecule has 0 saturated heterocycles. The lowest BCUT2D eigenvalue weighted by Crippen LogP contribution is -2.07. The Morgan fingerprint density at radius 3 is 2.85 bits per heavy atom. The molecule has 2 heterocycles. The summed E-state index contributed by atoms with van der Waals surface area (Å²) in [7, 11) is 0. The highest BCUT2D eigenvalue weighted by Gasteiger charge is 2.09. The minimum Gasteiger partial charge on any atom is -0.489 e. The number of rotatable bonds is 4. The first kappa shape index (κ1) is 12.9. The van der Waals surface area contributed by atoms with E-state index in [9.17, 15) is 0 Å². The Morgan fingerprint density at radius 2 is 2.00 bits per heavy atom. The first-order chi connectivity index (χ1) is 9.74. The van der Waals surface area contributed by atoms with Crippen LogP contribution in [0.4, 0.5) is 11.5 Å². The molecule has 2 aromatic heterocycles. The monoisotopic (exact) mass is 285 g/mol. The summed E-state index contributed by atoms with van der Waals surface area (Å²) >= 11 is 1.60. The zero-order valence-electron chi connectivity index (χ0n) is 11.3. The lowest BCUT2D eigenvalue weighted by molar-refractivity contribution is 0.244. The number of anilines is 2. The van der Waals surface area contributed by atoms with E-state index in [1.807, 2.05) is 49.6 Å². The summed E-state index contributed by atoms with van der Waals surface area (Å²) in [6.45, 7) is 4.02. The summed E-state index contributed by atoms with van der Waals surface area (Å²) in [5.74, 6) is 1.63. The van der Waals surface area contributed by atoms with Gasteiger partial charge in [-0.2, -0.15) is 0 Å². The first-order valence-corrected chi connectivity index (χ1v) is 7.33. The molecule has 0 saturated carbocycles. The van der Waals surface area contributed by atoms with Gasteiger partial charge in [-0.1, -0.05) is 12.1 Å². The van der Waals surface area contributed by atoms with E-state index in [-0.39, 0.29) is 6.10 Å². The molecule has 0 unspecified atom stereocenters. The topological polar surface area (TPSA) is 47.0 Å². The molecule has 0 radical (unpaired) electrons. The molecule has 0 aliphatic heterocycles. The van der Waals surface area contributed by atoms with Crippen molar-refractivity contribution in [1.29, 1.82) is 0 Å². The Bertz CT molecular complexity index is 724. The number of thiophene rings is 1. The van der Waals surface area contributed by atoms with Crippen LogP contribution >= 0.6 is 11.3 Å². The molecule has 4 nitrogen and oxygen atoms in total. The van der Waals surface area contributed by atoms with E-state index in [4.69, 9.17) is 4.74 Å². The van der Waals surface area contributed by atoms with Crippen LogP contribution in [-0.2, 0) is 0 Å². The third-order valence-corrected chi connectivity index (χ3v) is 3.59. The van der Waals surface area contributed by atoms with E-state index >= 15 is 0 Å². The SMILES string of the molecule is CC(C)Oc1ccccc1Nc1ncnc2sccc12. The van der Waals surface area contributed by atoms with Gasteiger partial charge in [0.05, 0.1) is 17.2 Å². The van der Waals surface area contributed by atoms with Crippen molar-refractivity contribution in [2.45, 2.75) is 20.0 Å². The number of para-hydroxylation sites is 2. The van der Waals surface area contributed by atoms with Crippen LogP contribution < -0.4 is 10.1 Å². The number of fused-ring (bicyclic) bond motifs is 1. The zero-order valence-corrected chi connectivity index (χ0v) is 12.1. The Hall–Kier alpha value is -2.14. The van der Waals surface area contributed by atoms with E-state index < -0.39 is 0 Å². The molecule has 0 bridgehead atoms. The highest BCUT2D eigenvalue weighted by atomic mass is 32.1. The maximum atomic E-state index is 5.81. The number of benzene rings is 1. The molecule has 102 valence electrons. The summed E-state index contributed by atoms with van der Waals surface area (Å²) < 4.78 is 5.81. The summed E-state index contributed by atoms with van der Waals surface area (Å²) in [6.07, 6.45) is 1.71. The number of nitrogens with one attached hydrogen (secondary N) is 1. The van der Waals surface area contributed by atoms with Crippen LogP contribution in [0.2, 0.25) is 0 Å². The average Bonchev–Trinajstić information content (AvgIpc) is 2.90. The van der Waals surface area contributed by atoms with E-state index in [0.717, 1.165) is 27.5 Å². The number of nitrogens with zero attached hydrogens (tertiary/aromatic N) is 2. The fourth-order valence-corrected chi connectivity index (χ4v) is 2.68. The molecule has 0 fully saturated rings. The van der Waals surface area contributed by atoms with Crippen LogP contribution in [0.25, 0.3) is 10.2 Å². The zero-order chi connectivity index (χ0) is 13.9. The number of ether oxygens (including phenoxy) is 1. The van der Waals surface area contributed by atoms with Gasteiger partial charge in [0.2, 0.25) is 0 Å². The van der Waals surface area contributed by atoms with Crippen LogP contribution in [0.15, 0.2) is 42.0 Å². The van der Waals surface area contributed by atoms with E-state index in [1.54, 1.807) is 17.7 Å². The Labute approximate surface area is 121 Å². The molecule has 3 aromatic rings. The van der Waals surface area contributed by atoms with Crippen LogP contribution in [0.5, 0.6) is 5.75 Å². The molecule has 1 N–H and O–H groups in total. The van der Waals surface area contributed by atoms with Gasteiger partial charge in [-0.25, -0.2) is 9.97 Å². The second kappa shape index (κ2) is 5.46. The van der Waals surface area contributed by atoms with Crippen molar-refractivity contribution in [3.05, 3.63) is 42.0 Å². The summed E-state index contributed by atoms with van der Waals surface area (Å²) in [5, 5.41) is 6.38. The van der Waals surface area contributed by atoms with Gasteiger partial charge in [-0.05, 0) is 37.4 Å². The van der Waals surface area contributed by atoms with Gasteiger partial charge >= 0.3 is 0 Å². The van der Waals surface area contributed by atoms with Crippen LogP contribution in [0, 0.1) is 0 Å². The molecular weight excluding hydrogens is 270 g/mol. The average molecular weight is 285 g/mol. The Morgan fingerprint density at radius 1 is 1.15 bits per heavy atom. The Kier molecular flexibility index (Phi) is 3.52. The van der Waals surface area contributed by atoms with Crippen molar-refractivity contribution in [3.63, 3.8) is 0 Å². The fraction of sp³-hybridized carbons (Fsp3) is 0.200. The van der Waals surface area contributed by atoms with Crippen molar-refractivity contribution in [2.24, 2.45) is 0 Å². The summed E-state index contributed by atoms with van der Waals surface area (Å²) in [5.41, 5.74) is 0.910. The molecule has 0 atom stereocenters. The van der Waals surface area contributed by atoms with Gasteiger partial charge in [-0.3, -0.25) is 0 Å². The Balaban J connectivity index is 1.97. The normalized spacial score (nSPS) is 10.9. The fourth-order valence-electron chi connectivity index (χ4n) is 1.94. The maximum Gasteiger partial charge on any atom is 0.143 e. The molecule has 3 rings (SSSR count). The number of hydrogen-bond donors (Lipinski definition) is 1. The molecule has 0 spiro atoms. The van der Waals surface area contributed by atoms with E-state index in [0.29, 0.717) is 0 Å². The minimum atomic E-state index is 0.129. The maximum absolute atomic E-state index is 5.81. The lowest BCUT2D eigenvalue weighted by atomic mass is 10.2.